The van der Waals surface area contributed by atoms with E-state index in [1.54, 1.807) is 25.1 Å². The molecule has 0 saturated heterocycles. The van der Waals surface area contributed by atoms with E-state index in [2.05, 4.69) is 25.9 Å². The maximum absolute atomic E-state index is 12.4. The van der Waals surface area contributed by atoms with Crippen molar-refractivity contribution >= 4 is 17.3 Å². The van der Waals surface area contributed by atoms with Crippen LogP contribution in [0.1, 0.15) is 27.3 Å². The monoisotopic (exact) mass is 338 g/mol. The summed E-state index contributed by atoms with van der Waals surface area (Å²) >= 11 is 0. The highest BCUT2D eigenvalue weighted by Gasteiger charge is 2.20. The molecular formula is C16H14N6O3. The third-order valence-electron chi connectivity index (χ3n) is 3.56. The molecule has 1 aromatic heterocycles. The molecule has 3 rings (SSSR count). The van der Waals surface area contributed by atoms with Gasteiger partial charge in [0.2, 0.25) is 0 Å². The summed E-state index contributed by atoms with van der Waals surface area (Å²) in [7, 11) is 0. The van der Waals surface area contributed by atoms with Crippen LogP contribution in [0.5, 0.6) is 0 Å². The van der Waals surface area contributed by atoms with E-state index in [4.69, 9.17) is 0 Å². The molecule has 0 aliphatic rings. The summed E-state index contributed by atoms with van der Waals surface area (Å²) < 4.78 is 0. The first-order valence-electron chi connectivity index (χ1n) is 7.40. The normalized spacial score (nSPS) is 10.4. The van der Waals surface area contributed by atoms with Crippen molar-refractivity contribution in [2.45, 2.75) is 13.3 Å². The average molecular weight is 338 g/mol. The third kappa shape index (κ3) is 3.83. The number of amides is 1. The van der Waals surface area contributed by atoms with Crippen molar-refractivity contribution in [3.05, 3.63) is 75.1 Å². The van der Waals surface area contributed by atoms with Crippen LogP contribution in [0.4, 0.5) is 11.4 Å². The van der Waals surface area contributed by atoms with E-state index in [9.17, 15) is 14.9 Å². The van der Waals surface area contributed by atoms with Crippen LogP contribution in [0.2, 0.25) is 0 Å². The number of nitro benzene ring substituents is 1. The molecule has 1 amide bonds. The zero-order chi connectivity index (χ0) is 17.8. The number of nitro groups is 1. The number of hydrogen-bond acceptors (Lipinski definition) is 6. The second-order valence-corrected chi connectivity index (χ2v) is 5.43. The second-order valence-electron chi connectivity index (χ2n) is 5.43. The van der Waals surface area contributed by atoms with Crippen LogP contribution in [-0.4, -0.2) is 31.5 Å². The molecule has 0 aliphatic carbocycles. The highest BCUT2D eigenvalue weighted by Crippen LogP contribution is 2.21. The van der Waals surface area contributed by atoms with Gasteiger partial charge in [0, 0.05) is 18.2 Å². The minimum Gasteiger partial charge on any atom is -0.322 e. The summed E-state index contributed by atoms with van der Waals surface area (Å²) in [5, 5.41) is 27.4. The lowest BCUT2D eigenvalue weighted by Crippen LogP contribution is -2.14. The number of nitrogens with one attached hydrogen (secondary N) is 2. The molecule has 3 aromatic rings. The van der Waals surface area contributed by atoms with Crippen LogP contribution in [0.25, 0.3) is 0 Å². The molecule has 0 spiro atoms. The Bertz CT molecular complexity index is 906. The third-order valence-corrected chi connectivity index (χ3v) is 3.56. The minimum atomic E-state index is -0.567. The Labute approximate surface area is 142 Å². The first-order chi connectivity index (χ1) is 12.0. The van der Waals surface area contributed by atoms with E-state index in [0.717, 1.165) is 11.1 Å². The molecule has 0 bridgehead atoms. The Balaban J connectivity index is 1.75. The number of aromatic amines is 1. The van der Waals surface area contributed by atoms with Gasteiger partial charge in [-0.1, -0.05) is 23.4 Å². The van der Waals surface area contributed by atoms with Crippen LogP contribution in [0.15, 0.2) is 42.5 Å². The van der Waals surface area contributed by atoms with Gasteiger partial charge in [0.05, 0.1) is 4.92 Å². The smallest absolute Gasteiger partial charge is 0.282 e. The van der Waals surface area contributed by atoms with Crippen LogP contribution in [-0.2, 0) is 6.42 Å². The van der Waals surface area contributed by atoms with E-state index in [-0.39, 0.29) is 11.3 Å². The molecule has 126 valence electrons. The molecule has 0 radical (unpaired) electrons. The minimum absolute atomic E-state index is 0.0286. The number of hydrogen-bond donors (Lipinski definition) is 2. The highest BCUT2D eigenvalue weighted by atomic mass is 16.6. The summed E-state index contributed by atoms with van der Waals surface area (Å²) in [6.07, 6.45) is 0.508. The number of rotatable bonds is 5. The summed E-state index contributed by atoms with van der Waals surface area (Å²) in [5.41, 5.74) is 2.06. The molecule has 0 fully saturated rings. The predicted octanol–water partition coefficient (Wildman–Crippen LogP) is 2.26. The summed E-state index contributed by atoms with van der Waals surface area (Å²) in [6.45, 7) is 1.77. The lowest BCUT2D eigenvalue weighted by molar-refractivity contribution is -0.385. The number of H-pyrrole nitrogens is 1. The van der Waals surface area contributed by atoms with Crippen molar-refractivity contribution in [2.24, 2.45) is 0 Å². The fourth-order valence-corrected chi connectivity index (χ4v) is 2.34. The molecule has 2 aromatic carbocycles. The molecule has 0 saturated carbocycles. The standard InChI is InChI=1S/C16H14N6O3/c1-10-2-7-14(22(24)25)13(8-10)16(23)17-12-5-3-11(4-6-12)9-15-18-20-21-19-15/h2-8H,9H2,1H3,(H,17,23)(H,18,19,20,21). The molecule has 0 unspecified atom stereocenters. The molecule has 0 aliphatic heterocycles. The topological polar surface area (TPSA) is 127 Å². The van der Waals surface area contributed by atoms with Crippen molar-refractivity contribution in [2.75, 3.05) is 5.32 Å². The number of tetrazole rings is 1. The van der Waals surface area contributed by atoms with Gasteiger partial charge in [-0.05, 0) is 36.2 Å². The molecular weight excluding hydrogens is 324 g/mol. The first kappa shape index (κ1) is 16.2. The number of anilines is 1. The highest BCUT2D eigenvalue weighted by molar-refractivity contribution is 6.07. The molecule has 9 nitrogen and oxygen atoms in total. The van der Waals surface area contributed by atoms with E-state index in [1.807, 2.05) is 12.1 Å². The SMILES string of the molecule is Cc1ccc([N+](=O)[O-])c(C(=O)Nc2ccc(Cc3nn[nH]n3)cc2)c1. The maximum Gasteiger partial charge on any atom is 0.282 e. The number of aryl methyl sites for hydroxylation is 1. The maximum atomic E-state index is 12.4. The van der Waals surface area contributed by atoms with Gasteiger partial charge in [-0.3, -0.25) is 14.9 Å². The van der Waals surface area contributed by atoms with Crippen molar-refractivity contribution in [1.82, 2.24) is 20.6 Å². The average Bonchev–Trinajstić information content (AvgIpc) is 3.09. The van der Waals surface area contributed by atoms with Crippen LogP contribution in [0.3, 0.4) is 0 Å². The fourth-order valence-electron chi connectivity index (χ4n) is 2.34. The largest absolute Gasteiger partial charge is 0.322 e. The van der Waals surface area contributed by atoms with E-state index < -0.39 is 10.8 Å². The quantitative estimate of drug-likeness (QED) is 0.542. The van der Waals surface area contributed by atoms with Gasteiger partial charge in [-0.2, -0.15) is 5.21 Å². The van der Waals surface area contributed by atoms with Crippen LogP contribution in [0, 0.1) is 17.0 Å². The molecule has 0 atom stereocenters. The van der Waals surface area contributed by atoms with Gasteiger partial charge in [0.15, 0.2) is 5.82 Å². The fraction of sp³-hybridized carbons (Fsp3) is 0.125. The lowest BCUT2D eigenvalue weighted by Gasteiger charge is -2.07. The Morgan fingerprint density at radius 3 is 2.64 bits per heavy atom. The van der Waals surface area contributed by atoms with Crippen LogP contribution < -0.4 is 5.32 Å². The Hall–Kier alpha value is -3.62. The molecule has 2 N–H and O–H groups in total. The van der Waals surface area contributed by atoms with Gasteiger partial charge in [0.25, 0.3) is 11.6 Å². The van der Waals surface area contributed by atoms with E-state index >= 15 is 0 Å². The Morgan fingerprint density at radius 1 is 1.24 bits per heavy atom. The van der Waals surface area contributed by atoms with Gasteiger partial charge < -0.3 is 5.32 Å². The number of carbonyl (C=O) groups is 1. The van der Waals surface area contributed by atoms with Crippen LogP contribution >= 0.6 is 0 Å². The first-order valence-corrected chi connectivity index (χ1v) is 7.40. The Morgan fingerprint density at radius 2 is 2.00 bits per heavy atom. The number of aromatic nitrogens is 4. The zero-order valence-corrected chi connectivity index (χ0v) is 13.3. The molecule has 9 heteroatoms. The summed E-state index contributed by atoms with van der Waals surface area (Å²) in [6, 6.07) is 11.5. The van der Waals surface area contributed by atoms with Gasteiger partial charge in [-0.25, -0.2) is 0 Å². The van der Waals surface area contributed by atoms with Crippen molar-refractivity contribution in [3.8, 4) is 0 Å². The van der Waals surface area contributed by atoms with Gasteiger partial charge >= 0.3 is 0 Å². The zero-order valence-electron chi connectivity index (χ0n) is 13.3. The van der Waals surface area contributed by atoms with Gasteiger partial charge in [0.1, 0.15) is 5.56 Å². The number of benzene rings is 2. The van der Waals surface area contributed by atoms with Gasteiger partial charge in [-0.15, -0.1) is 10.2 Å². The van der Waals surface area contributed by atoms with Crippen molar-refractivity contribution < 1.29 is 9.72 Å². The molecule has 1 heterocycles. The molecule has 25 heavy (non-hydrogen) atoms. The summed E-state index contributed by atoms with van der Waals surface area (Å²) in [5.74, 6) is 0.0356. The van der Waals surface area contributed by atoms with E-state index in [1.165, 1.54) is 12.1 Å². The second kappa shape index (κ2) is 6.87. The Kier molecular flexibility index (Phi) is 4.46. The predicted molar refractivity (Wildman–Crippen MR) is 89.2 cm³/mol. The number of nitrogens with zero attached hydrogens (tertiary/aromatic N) is 4. The lowest BCUT2D eigenvalue weighted by atomic mass is 10.1. The van der Waals surface area contributed by atoms with Crippen molar-refractivity contribution in [1.29, 1.82) is 0 Å². The summed E-state index contributed by atoms with van der Waals surface area (Å²) in [4.78, 5) is 22.9. The van der Waals surface area contributed by atoms with Crippen molar-refractivity contribution in [3.63, 3.8) is 0 Å². The van der Waals surface area contributed by atoms with E-state index in [0.29, 0.717) is 17.9 Å². The number of carbonyl (C=O) groups excluding carboxylic acids is 1.